The van der Waals surface area contributed by atoms with Gasteiger partial charge in [-0.1, -0.05) is 24.3 Å². The Labute approximate surface area is 175 Å². The van der Waals surface area contributed by atoms with Crippen molar-refractivity contribution in [2.24, 2.45) is 0 Å². The number of nitrogens with zero attached hydrogens (tertiary/aromatic N) is 4. The summed E-state index contributed by atoms with van der Waals surface area (Å²) in [5, 5.41) is 16.1. The standard InChI is InChI=1S/C21H18N4O4S/c1-13-20(25(27)28)14(2)24(23-13)11-15-7-9-16(10-8-15)21(26)29-12-19-22-17-5-3-4-6-18(17)30-19/h3-10H,11-12H2,1-2H3. The highest BCUT2D eigenvalue weighted by Crippen LogP contribution is 2.23. The van der Waals surface area contributed by atoms with Gasteiger partial charge in [-0.3, -0.25) is 14.8 Å². The zero-order valence-corrected chi connectivity index (χ0v) is 17.2. The number of carbonyl (C=O) groups excluding carboxylic acids is 1. The maximum atomic E-state index is 12.3. The highest BCUT2D eigenvalue weighted by atomic mass is 32.1. The third-order valence-corrected chi connectivity index (χ3v) is 5.72. The molecule has 4 rings (SSSR count). The second kappa shape index (κ2) is 8.03. The molecular weight excluding hydrogens is 404 g/mol. The molecule has 0 fully saturated rings. The Morgan fingerprint density at radius 3 is 2.57 bits per heavy atom. The van der Waals surface area contributed by atoms with Gasteiger partial charge in [-0.25, -0.2) is 9.78 Å². The SMILES string of the molecule is Cc1nn(Cc2ccc(C(=O)OCc3nc4ccccc4s3)cc2)c(C)c1[N+](=O)[O-]. The normalized spacial score (nSPS) is 11.0. The molecule has 2 aromatic carbocycles. The molecule has 2 aromatic heterocycles. The Morgan fingerprint density at radius 2 is 1.90 bits per heavy atom. The van der Waals surface area contributed by atoms with Crippen LogP contribution in [0.25, 0.3) is 10.2 Å². The lowest BCUT2D eigenvalue weighted by atomic mass is 10.1. The predicted molar refractivity (Wildman–Crippen MR) is 113 cm³/mol. The summed E-state index contributed by atoms with van der Waals surface area (Å²) in [6.07, 6.45) is 0. The second-order valence-corrected chi connectivity index (χ2v) is 7.90. The number of fused-ring (bicyclic) bond motifs is 1. The zero-order valence-electron chi connectivity index (χ0n) is 16.4. The number of carbonyl (C=O) groups is 1. The minimum Gasteiger partial charge on any atom is -0.455 e. The number of hydrogen-bond donors (Lipinski definition) is 0. The van der Waals surface area contributed by atoms with E-state index in [-0.39, 0.29) is 12.3 Å². The summed E-state index contributed by atoms with van der Waals surface area (Å²) in [6.45, 7) is 3.79. The average molecular weight is 422 g/mol. The fourth-order valence-electron chi connectivity index (χ4n) is 3.22. The van der Waals surface area contributed by atoms with E-state index in [1.807, 2.05) is 24.3 Å². The number of nitro groups is 1. The van der Waals surface area contributed by atoms with Crippen LogP contribution in [0.5, 0.6) is 0 Å². The molecule has 4 aromatic rings. The first kappa shape index (κ1) is 19.7. The molecule has 0 unspecified atom stereocenters. The van der Waals surface area contributed by atoms with Gasteiger partial charge in [0, 0.05) is 0 Å². The van der Waals surface area contributed by atoms with E-state index in [2.05, 4.69) is 10.1 Å². The van der Waals surface area contributed by atoms with Crippen molar-refractivity contribution in [2.75, 3.05) is 0 Å². The van der Waals surface area contributed by atoms with Gasteiger partial charge in [0.1, 0.15) is 23.0 Å². The number of para-hydroxylation sites is 1. The van der Waals surface area contributed by atoms with Gasteiger partial charge in [-0.2, -0.15) is 5.10 Å². The Bertz CT molecular complexity index is 1210. The lowest BCUT2D eigenvalue weighted by Gasteiger charge is -2.06. The fraction of sp³-hybridized carbons (Fsp3) is 0.190. The van der Waals surface area contributed by atoms with Crippen LogP contribution in [0.15, 0.2) is 48.5 Å². The fourth-order valence-corrected chi connectivity index (χ4v) is 4.10. The molecular formula is C21H18N4O4S. The van der Waals surface area contributed by atoms with Crippen LogP contribution in [-0.4, -0.2) is 25.7 Å². The van der Waals surface area contributed by atoms with E-state index in [4.69, 9.17) is 4.74 Å². The summed E-state index contributed by atoms with van der Waals surface area (Å²) >= 11 is 1.50. The molecule has 2 heterocycles. The number of rotatable bonds is 6. The van der Waals surface area contributed by atoms with Gasteiger partial charge in [0.25, 0.3) is 0 Å². The Kier molecular flexibility index (Phi) is 5.28. The monoisotopic (exact) mass is 422 g/mol. The molecule has 0 atom stereocenters. The van der Waals surface area contributed by atoms with Crippen LogP contribution in [0.4, 0.5) is 5.69 Å². The molecule has 0 aliphatic carbocycles. The van der Waals surface area contributed by atoms with Crippen LogP contribution in [0.3, 0.4) is 0 Å². The van der Waals surface area contributed by atoms with E-state index in [9.17, 15) is 14.9 Å². The molecule has 0 saturated heterocycles. The summed E-state index contributed by atoms with van der Waals surface area (Å²) in [6, 6.07) is 14.7. The number of aromatic nitrogens is 3. The molecule has 30 heavy (non-hydrogen) atoms. The number of benzene rings is 2. The van der Waals surface area contributed by atoms with Crippen molar-refractivity contribution < 1.29 is 14.5 Å². The average Bonchev–Trinajstić information content (AvgIpc) is 3.26. The smallest absolute Gasteiger partial charge is 0.338 e. The Morgan fingerprint density at radius 1 is 1.17 bits per heavy atom. The topological polar surface area (TPSA) is 100 Å². The molecule has 152 valence electrons. The summed E-state index contributed by atoms with van der Waals surface area (Å²) in [5.74, 6) is -0.428. The molecule has 8 nitrogen and oxygen atoms in total. The van der Waals surface area contributed by atoms with Crippen molar-refractivity contribution in [3.63, 3.8) is 0 Å². The quantitative estimate of drug-likeness (QED) is 0.259. The van der Waals surface area contributed by atoms with Crippen molar-refractivity contribution in [1.29, 1.82) is 0 Å². The number of aryl methyl sites for hydroxylation is 1. The van der Waals surface area contributed by atoms with Crippen molar-refractivity contribution in [3.8, 4) is 0 Å². The number of ether oxygens (including phenoxy) is 1. The maximum Gasteiger partial charge on any atom is 0.338 e. The molecule has 0 N–H and O–H groups in total. The summed E-state index contributed by atoms with van der Waals surface area (Å²) in [4.78, 5) is 27.5. The molecule has 0 aliphatic rings. The Balaban J connectivity index is 1.41. The van der Waals surface area contributed by atoms with E-state index in [0.717, 1.165) is 20.8 Å². The van der Waals surface area contributed by atoms with Gasteiger partial charge in [0.2, 0.25) is 0 Å². The van der Waals surface area contributed by atoms with Crippen LogP contribution in [-0.2, 0) is 17.9 Å². The van der Waals surface area contributed by atoms with E-state index >= 15 is 0 Å². The maximum absolute atomic E-state index is 12.3. The van der Waals surface area contributed by atoms with Gasteiger partial charge in [-0.15, -0.1) is 11.3 Å². The minimum atomic E-state index is -0.428. The largest absolute Gasteiger partial charge is 0.455 e. The first-order chi connectivity index (χ1) is 14.4. The van der Waals surface area contributed by atoms with Gasteiger partial charge < -0.3 is 4.74 Å². The van der Waals surface area contributed by atoms with Crippen molar-refractivity contribution in [3.05, 3.63) is 86.2 Å². The lowest BCUT2D eigenvalue weighted by Crippen LogP contribution is -2.07. The zero-order chi connectivity index (χ0) is 21.3. The first-order valence-electron chi connectivity index (χ1n) is 9.21. The van der Waals surface area contributed by atoms with Gasteiger partial charge in [0.15, 0.2) is 0 Å². The van der Waals surface area contributed by atoms with Crippen LogP contribution < -0.4 is 0 Å². The summed E-state index contributed by atoms with van der Waals surface area (Å²) in [5.41, 5.74) is 3.11. The first-order valence-corrected chi connectivity index (χ1v) is 10.0. The van der Waals surface area contributed by atoms with Crippen LogP contribution in [0.1, 0.15) is 32.3 Å². The molecule has 0 radical (unpaired) electrons. The highest BCUT2D eigenvalue weighted by molar-refractivity contribution is 7.18. The van der Waals surface area contributed by atoms with Gasteiger partial charge in [0.05, 0.1) is 27.2 Å². The van der Waals surface area contributed by atoms with E-state index < -0.39 is 10.9 Å². The number of esters is 1. The molecule has 0 spiro atoms. The van der Waals surface area contributed by atoms with Gasteiger partial charge >= 0.3 is 11.7 Å². The van der Waals surface area contributed by atoms with E-state index in [0.29, 0.717) is 23.5 Å². The second-order valence-electron chi connectivity index (χ2n) is 6.78. The summed E-state index contributed by atoms with van der Waals surface area (Å²) < 4.78 is 8.03. The molecule has 0 bridgehead atoms. The third kappa shape index (κ3) is 3.92. The minimum absolute atomic E-state index is 0.0324. The summed E-state index contributed by atoms with van der Waals surface area (Å²) in [7, 11) is 0. The van der Waals surface area contributed by atoms with Crippen molar-refractivity contribution in [1.82, 2.24) is 14.8 Å². The molecule has 0 aliphatic heterocycles. The van der Waals surface area contributed by atoms with Crippen LogP contribution in [0, 0.1) is 24.0 Å². The number of thiazole rings is 1. The highest BCUT2D eigenvalue weighted by Gasteiger charge is 2.21. The van der Waals surface area contributed by atoms with Crippen LogP contribution in [0.2, 0.25) is 0 Å². The predicted octanol–water partition coefficient (Wildman–Crippen LogP) is 4.42. The number of hydrogen-bond acceptors (Lipinski definition) is 7. The molecule has 0 amide bonds. The van der Waals surface area contributed by atoms with E-state index in [1.54, 1.807) is 42.8 Å². The van der Waals surface area contributed by atoms with Crippen LogP contribution >= 0.6 is 11.3 Å². The Hall–Kier alpha value is -3.59. The van der Waals surface area contributed by atoms with E-state index in [1.165, 1.54) is 11.3 Å². The molecule has 9 heteroatoms. The van der Waals surface area contributed by atoms with Crippen molar-refractivity contribution >= 4 is 33.2 Å². The van der Waals surface area contributed by atoms with Crippen molar-refractivity contribution in [2.45, 2.75) is 27.0 Å². The lowest BCUT2D eigenvalue weighted by molar-refractivity contribution is -0.386. The molecule has 0 saturated carbocycles. The third-order valence-electron chi connectivity index (χ3n) is 4.71. The van der Waals surface area contributed by atoms with Gasteiger partial charge in [-0.05, 0) is 43.7 Å².